The minimum Gasteiger partial charge on any atom is -0.497 e. The first-order valence-corrected chi connectivity index (χ1v) is 6.64. The summed E-state index contributed by atoms with van der Waals surface area (Å²) in [6.45, 7) is 5.13. The van der Waals surface area contributed by atoms with Gasteiger partial charge in [0.25, 0.3) is 0 Å². The van der Waals surface area contributed by atoms with Gasteiger partial charge in [0.2, 0.25) is 0 Å². The highest BCUT2D eigenvalue weighted by Gasteiger charge is 2.36. The molecule has 2 rings (SSSR count). The third-order valence-corrected chi connectivity index (χ3v) is 4.02. The molecule has 1 saturated heterocycles. The lowest BCUT2D eigenvalue weighted by atomic mass is 9.80. The summed E-state index contributed by atoms with van der Waals surface area (Å²) in [5.41, 5.74) is 0.107. The van der Waals surface area contributed by atoms with Gasteiger partial charge < -0.3 is 15.2 Å². The molecule has 1 fully saturated rings. The van der Waals surface area contributed by atoms with Gasteiger partial charge in [0.05, 0.1) is 7.11 Å². The third-order valence-electron chi connectivity index (χ3n) is 4.02. The summed E-state index contributed by atoms with van der Waals surface area (Å²) in [5, 5.41) is 14.2. The van der Waals surface area contributed by atoms with Gasteiger partial charge in [0.1, 0.15) is 11.4 Å². The normalized spacial score (nSPS) is 27.6. The van der Waals surface area contributed by atoms with E-state index in [0.717, 1.165) is 24.3 Å². The Labute approximate surface area is 109 Å². The average molecular weight is 249 g/mol. The largest absolute Gasteiger partial charge is 0.497 e. The predicted octanol–water partition coefficient (Wildman–Crippen LogP) is 2.29. The van der Waals surface area contributed by atoms with Crippen molar-refractivity contribution in [1.29, 1.82) is 0 Å². The zero-order valence-electron chi connectivity index (χ0n) is 11.4. The summed E-state index contributed by atoms with van der Waals surface area (Å²) in [5.74, 6) is 1.49. The maximum Gasteiger partial charge on any atom is 0.118 e. The Hall–Kier alpha value is -1.06. The molecule has 3 atom stereocenters. The van der Waals surface area contributed by atoms with Crippen molar-refractivity contribution >= 4 is 0 Å². The minimum atomic E-state index is -0.832. The number of methoxy groups -OCH3 is 1. The molecule has 100 valence electrons. The van der Waals surface area contributed by atoms with E-state index in [2.05, 4.69) is 12.2 Å². The smallest absolute Gasteiger partial charge is 0.118 e. The van der Waals surface area contributed by atoms with Gasteiger partial charge in [0, 0.05) is 6.04 Å². The molecule has 1 aromatic carbocycles. The molecule has 1 aliphatic heterocycles. The fraction of sp³-hybridized carbons (Fsp3) is 0.600. The SMILES string of the molecule is COc1ccc(C(C)(O)C2CC(C)CCN2)cc1. The van der Waals surface area contributed by atoms with E-state index in [1.165, 1.54) is 6.42 Å². The third kappa shape index (κ3) is 2.68. The molecule has 0 radical (unpaired) electrons. The van der Waals surface area contributed by atoms with Gasteiger partial charge in [-0.25, -0.2) is 0 Å². The molecule has 1 aliphatic rings. The highest BCUT2D eigenvalue weighted by Crippen LogP contribution is 2.31. The quantitative estimate of drug-likeness (QED) is 0.863. The lowest BCUT2D eigenvalue weighted by molar-refractivity contribution is -0.00143. The molecule has 0 spiro atoms. The van der Waals surface area contributed by atoms with Crippen LogP contribution in [0.2, 0.25) is 0 Å². The highest BCUT2D eigenvalue weighted by molar-refractivity contribution is 5.31. The van der Waals surface area contributed by atoms with Crippen LogP contribution in [-0.4, -0.2) is 24.8 Å². The van der Waals surface area contributed by atoms with Crippen LogP contribution in [0.1, 0.15) is 32.3 Å². The van der Waals surface area contributed by atoms with Crippen LogP contribution < -0.4 is 10.1 Å². The molecule has 3 nitrogen and oxygen atoms in total. The maximum absolute atomic E-state index is 10.8. The van der Waals surface area contributed by atoms with E-state index in [9.17, 15) is 5.11 Å². The van der Waals surface area contributed by atoms with E-state index in [-0.39, 0.29) is 6.04 Å². The highest BCUT2D eigenvalue weighted by atomic mass is 16.5. The van der Waals surface area contributed by atoms with Crippen molar-refractivity contribution in [2.75, 3.05) is 13.7 Å². The average Bonchev–Trinajstić information content (AvgIpc) is 2.39. The zero-order valence-corrected chi connectivity index (χ0v) is 11.4. The Morgan fingerprint density at radius 3 is 2.56 bits per heavy atom. The molecule has 1 aromatic rings. The number of benzene rings is 1. The van der Waals surface area contributed by atoms with Crippen molar-refractivity contribution in [2.24, 2.45) is 5.92 Å². The lowest BCUT2D eigenvalue weighted by Gasteiger charge is -2.39. The van der Waals surface area contributed by atoms with E-state index in [1.54, 1.807) is 7.11 Å². The summed E-state index contributed by atoms with van der Waals surface area (Å²) < 4.78 is 5.15. The fourth-order valence-electron chi connectivity index (χ4n) is 2.67. The molecule has 3 heteroatoms. The molecule has 2 N–H and O–H groups in total. The Morgan fingerprint density at radius 1 is 1.33 bits per heavy atom. The second kappa shape index (κ2) is 5.29. The number of hydrogen-bond donors (Lipinski definition) is 2. The van der Waals surface area contributed by atoms with Crippen LogP contribution in [-0.2, 0) is 5.60 Å². The summed E-state index contributed by atoms with van der Waals surface area (Å²) >= 11 is 0. The van der Waals surface area contributed by atoms with Crippen molar-refractivity contribution in [2.45, 2.75) is 38.3 Å². The molecule has 0 aromatic heterocycles. The first kappa shape index (κ1) is 13.4. The molecule has 0 saturated carbocycles. The second-order valence-corrected chi connectivity index (χ2v) is 5.51. The van der Waals surface area contributed by atoms with Crippen LogP contribution in [0.5, 0.6) is 5.75 Å². The minimum absolute atomic E-state index is 0.120. The van der Waals surface area contributed by atoms with Crippen LogP contribution in [0.15, 0.2) is 24.3 Å². The van der Waals surface area contributed by atoms with Crippen LogP contribution >= 0.6 is 0 Å². The van der Waals surface area contributed by atoms with Gasteiger partial charge in [-0.1, -0.05) is 19.1 Å². The van der Waals surface area contributed by atoms with E-state index >= 15 is 0 Å². The predicted molar refractivity (Wildman–Crippen MR) is 72.8 cm³/mol. The van der Waals surface area contributed by atoms with Gasteiger partial charge in [-0.3, -0.25) is 0 Å². The second-order valence-electron chi connectivity index (χ2n) is 5.51. The van der Waals surface area contributed by atoms with Crippen LogP contribution in [0.3, 0.4) is 0 Å². The molecule has 0 amide bonds. The Balaban J connectivity index is 2.17. The topological polar surface area (TPSA) is 41.5 Å². The van der Waals surface area contributed by atoms with Crippen molar-refractivity contribution in [1.82, 2.24) is 5.32 Å². The Bertz CT molecular complexity index is 386. The molecular weight excluding hydrogens is 226 g/mol. The number of piperidine rings is 1. The van der Waals surface area contributed by atoms with Gasteiger partial charge in [-0.05, 0) is 49.9 Å². The number of ether oxygens (including phenoxy) is 1. The number of hydrogen-bond acceptors (Lipinski definition) is 3. The van der Waals surface area contributed by atoms with Crippen molar-refractivity contribution in [3.63, 3.8) is 0 Å². The summed E-state index contributed by atoms with van der Waals surface area (Å²) in [6, 6.07) is 7.81. The molecule has 1 heterocycles. The Kier molecular flexibility index (Phi) is 3.93. The number of nitrogens with one attached hydrogen (secondary N) is 1. The number of aliphatic hydroxyl groups is 1. The molecule has 3 unspecified atom stereocenters. The van der Waals surface area contributed by atoms with E-state index in [4.69, 9.17) is 4.74 Å². The molecular formula is C15H23NO2. The number of rotatable bonds is 3. The van der Waals surface area contributed by atoms with Gasteiger partial charge in [-0.2, -0.15) is 0 Å². The van der Waals surface area contributed by atoms with Crippen LogP contribution in [0.4, 0.5) is 0 Å². The van der Waals surface area contributed by atoms with Crippen LogP contribution in [0.25, 0.3) is 0 Å². The van der Waals surface area contributed by atoms with Crippen LogP contribution in [0, 0.1) is 5.92 Å². The van der Waals surface area contributed by atoms with Gasteiger partial charge in [-0.15, -0.1) is 0 Å². The van der Waals surface area contributed by atoms with E-state index in [0.29, 0.717) is 5.92 Å². The standard InChI is InChI=1S/C15H23NO2/c1-11-8-9-16-14(10-11)15(2,17)12-4-6-13(18-3)7-5-12/h4-7,11,14,16-17H,8-10H2,1-3H3. The van der Waals surface area contributed by atoms with Crippen molar-refractivity contribution < 1.29 is 9.84 Å². The maximum atomic E-state index is 10.8. The van der Waals surface area contributed by atoms with Gasteiger partial charge in [0.15, 0.2) is 0 Å². The van der Waals surface area contributed by atoms with E-state index in [1.807, 2.05) is 31.2 Å². The zero-order chi connectivity index (χ0) is 13.2. The molecule has 0 aliphatic carbocycles. The van der Waals surface area contributed by atoms with E-state index < -0.39 is 5.60 Å². The molecule has 18 heavy (non-hydrogen) atoms. The fourth-order valence-corrected chi connectivity index (χ4v) is 2.67. The summed E-state index contributed by atoms with van der Waals surface area (Å²) in [7, 11) is 1.65. The molecule has 0 bridgehead atoms. The van der Waals surface area contributed by atoms with Crippen molar-refractivity contribution in [3.8, 4) is 5.75 Å². The summed E-state index contributed by atoms with van der Waals surface area (Å²) in [4.78, 5) is 0. The van der Waals surface area contributed by atoms with Crippen molar-refractivity contribution in [3.05, 3.63) is 29.8 Å². The summed E-state index contributed by atoms with van der Waals surface area (Å²) in [6.07, 6.45) is 2.20. The van der Waals surface area contributed by atoms with Gasteiger partial charge >= 0.3 is 0 Å². The first-order valence-electron chi connectivity index (χ1n) is 6.64. The Morgan fingerprint density at radius 2 is 2.00 bits per heavy atom. The lowest BCUT2D eigenvalue weighted by Crippen LogP contribution is -2.50. The monoisotopic (exact) mass is 249 g/mol. The first-order chi connectivity index (χ1) is 8.54.